The number of amides is 1. The van der Waals surface area contributed by atoms with Crippen molar-refractivity contribution in [1.82, 2.24) is 19.7 Å². The zero-order chi connectivity index (χ0) is 25.3. The second-order valence-electron chi connectivity index (χ2n) is 9.16. The van der Waals surface area contributed by atoms with Crippen molar-refractivity contribution in [3.05, 3.63) is 48.4 Å². The van der Waals surface area contributed by atoms with Crippen LogP contribution in [0.15, 0.2) is 42.9 Å². The number of ether oxygens (including phenoxy) is 1. The fourth-order valence-electron chi connectivity index (χ4n) is 4.47. The number of alkyl halides is 3. The lowest BCUT2D eigenvalue weighted by Gasteiger charge is -2.40. The first-order valence-electron chi connectivity index (χ1n) is 11.6. The van der Waals surface area contributed by atoms with Crippen molar-refractivity contribution < 1.29 is 27.8 Å². The summed E-state index contributed by atoms with van der Waals surface area (Å²) in [6, 6.07) is 6.86. The van der Waals surface area contributed by atoms with E-state index in [9.17, 15) is 23.1 Å². The minimum Gasteiger partial charge on any atom is -0.396 e. The van der Waals surface area contributed by atoms with Gasteiger partial charge in [-0.1, -0.05) is 6.42 Å². The summed E-state index contributed by atoms with van der Waals surface area (Å²) in [4.78, 5) is 21.7. The summed E-state index contributed by atoms with van der Waals surface area (Å²) in [7, 11) is 0. The molecule has 0 bridgehead atoms. The van der Waals surface area contributed by atoms with Crippen molar-refractivity contribution >= 4 is 23.2 Å². The number of hydrogen-bond acceptors (Lipinski definition) is 7. The molecule has 5 rings (SSSR count). The van der Waals surface area contributed by atoms with Crippen molar-refractivity contribution in [3.63, 3.8) is 0 Å². The van der Waals surface area contributed by atoms with Gasteiger partial charge in [-0.3, -0.25) is 9.48 Å². The molecule has 1 saturated carbocycles. The number of aromatic nitrogens is 4. The molecule has 2 aromatic heterocycles. The van der Waals surface area contributed by atoms with E-state index in [0.717, 1.165) is 25.5 Å². The summed E-state index contributed by atoms with van der Waals surface area (Å²) < 4.78 is 47.9. The number of anilines is 3. The Bertz CT molecular complexity index is 1240. The minimum atomic E-state index is -4.65. The quantitative estimate of drug-likeness (QED) is 0.508. The number of rotatable bonds is 7. The standard InChI is InChI=1S/C24H25F3N6O3/c25-24(26,27)19-11-28-22(30-17-2-4-18(5-3-17)33-8-9-36-13-20(33)35)31-21(19)16-10-29-32(12-16)14-23(15-34)6-1-7-23/h2-5,10-12,34H,1,6-9,13-15H2,(H,28,30,31). The number of halogens is 3. The summed E-state index contributed by atoms with van der Waals surface area (Å²) in [5.41, 5.74) is -0.0609. The average Bonchev–Trinajstić information content (AvgIpc) is 3.30. The van der Waals surface area contributed by atoms with Crippen molar-refractivity contribution in [2.45, 2.75) is 32.0 Å². The van der Waals surface area contributed by atoms with Crippen LogP contribution in [0.5, 0.6) is 0 Å². The molecule has 3 heterocycles. The number of aliphatic hydroxyl groups excluding tert-OH is 1. The Morgan fingerprint density at radius 1 is 1.17 bits per heavy atom. The van der Waals surface area contributed by atoms with Gasteiger partial charge in [0.25, 0.3) is 5.91 Å². The zero-order valence-corrected chi connectivity index (χ0v) is 19.3. The number of hydrogen-bond donors (Lipinski definition) is 2. The monoisotopic (exact) mass is 502 g/mol. The van der Waals surface area contributed by atoms with Crippen molar-refractivity contribution in [1.29, 1.82) is 0 Å². The van der Waals surface area contributed by atoms with E-state index in [1.807, 2.05) is 0 Å². The Balaban J connectivity index is 1.38. The molecule has 190 valence electrons. The predicted octanol–water partition coefficient (Wildman–Crippen LogP) is 3.63. The number of carbonyl (C=O) groups is 1. The van der Waals surface area contributed by atoms with Crippen LogP contribution < -0.4 is 10.2 Å². The van der Waals surface area contributed by atoms with Gasteiger partial charge in [0.05, 0.1) is 25.1 Å². The zero-order valence-electron chi connectivity index (χ0n) is 19.3. The molecule has 12 heteroatoms. The van der Waals surface area contributed by atoms with Crippen LogP contribution >= 0.6 is 0 Å². The van der Waals surface area contributed by atoms with Crippen LogP contribution in [0.2, 0.25) is 0 Å². The van der Waals surface area contributed by atoms with Gasteiger partial charge < -0.3 is 20.1 Å². The molecule has 36 heavy (non-hydrogen) atoms. The highest BCUT2D eigenvalue weighted by Gasteiger charge is 2.38. The molecule has 0 radical (unpaired) electrons. The molecule has 0 unspecified atom stereocenters. The Morgan fingerprint density at radius 2 is 1.94 bits per heavy atom. The first kappa shape index (κ1) is 24.2. The van der Waals surface area contributed by atoms with E-state index in [-0.39, 0.29) is 41.7 Å². The molecule has 9 nitrogen and oxygen atoms in total. The van der Waals surface area contributed by atoms with E-state index in [1.54, 1.807) is 33.8 Å². The number of aliphatic hydroxyl groups is 1. The molecule has 1 saturated heterocycles. The Morgan fingerprint density at radius 3 is 2.58 bits per heavy atom. The van der Waals surface area contributed by atoms with Crippen LogP contribution in [-0.2, 0) is 22.3 Å². The predicted molar refractivity (Wildman–Crippen MR) is 125 cm³/mol. The SMILES string of the molecule is O=C1COCCN1c1ccc(Nc2ncc(C(F)(F)F)c(-c3cnn(CC4(CO)CCC4)c3)n2)cc1. The molecule has 2 N–H and O–H groups in total. The molecule has 1 aromatic carbocycles. The molecular weight excluding hydrogens is 477 g/mol. The fraction of sp³-hybridized carbons (Fsp3) is 0.417. The van der Waals surface area contributed by atoms with Gasteiger partial charge in [0.15, 0.2) is 0 Å². The number of nitrogens with zero attached hydrogens (tertiary/aromatic N) is 5. The van der Waals surface area contributed by atoms with Gasteiger partial charge in [0, 0.05) is 47.8 Å². The van der Waals surface area contributed by atoms with Crippen LogP contribution in [0.1, 0.15) is 24.8 Å². The molecule has 0 atom stereocenters. The Kier molecular flexibility index (Phi) is 6.39. The first-order chi connectivity index (χ1) is 17.3. The smallest absolute Gasteiger partial charge is 0.396 e. The number of morpholine rings is 1. The van der Waals surface area contributed by atoms with E-state index >= 15 is 0 Å². The molecule has 1 aliphatic heterocycles. The lowest BCUT2D eigenvalue weighted by Crippen LogP contribution is -2.41. The van der Waals surface area contributed by atoms with Crippen LogP contribution in [0.3, 0.4) is 0 Å². The van der Waals surface area contributed by atoms with E-state index in [0.29, 0.717) is 31.1 Å². The molecule has 2 fully saturated rings. The largest absolute Gasteiger partial charge is 0.419 e. The molecule has 0 spiro atoms. The lowest BCUT2D eigenvalue weighted by atomic mass is 9.69. The topological polar surface area (TPSA) is 105 Å². The normalized spacial score (nSPS) is 17.7. The van der Waals surface area contributed by atoms with Gasteiger partial charge in [-0.2, -0.15) is 18.3 Å². The van der Waals surface area contributed by atoms with Crippen molar-refractivity contribution in [2.24, 2.45) is 5.41 Å². The van der Waals surface area contributed by atoms with Gasteiger partial charge in [-0.05, 0) is 37.1 Å². The van der Waals surface area contributed by atoms with Gasteiger partial charge in [0.1, 0.15) is 12.2 Å². The summed E-state index contributed by atoms with van der Waals surface area (Å²) in [6.45, 7) is 1.37. The first-order valence-corrected chi connectivity index (χ1v) is 11.6. The number of benzene rings is 1. The third-order valence-corrected chi connectivity index (χ3v) is 6.67. The van der Waals surface area contributed by atoms with Crippen molar-refractivity contribution in [3.8, 4) is 11.3 Å². The summed E-state index contributed by atoms with van der Waals surface area (Å²) in [5, 5.41) is 16.9. The van der Waals surface area contributed by atoms with Crippen LogP contribution in [0, 0.1) is 5.41 Å². The fourth-order valence-corrected chi connectivity index (χ4v) is 4.47. The molecule has 1 aliphatic carbocycles. The van der Waals surface area contributed by atoms with Crippen LogP contribution in [0.4, 0.5) is 30.5 Å². The van der Waals surface area contributed by atoms with E-state index < -0.39 is 11.7 Å². The van der Waals surface area contributed by atoms with Crippen molar-refractivity contribution in [2.75, 3.05) is 36.6 Å². The van der Waals surface area contributed by atoms with Crippen LogP contribution in [0.25, 0.3) is 11.3 Å². The second-order valence-corrected chi connectivity index (χ2v) is 9.16. The highest BCUT2D eigenvalue weighted by molar-refractivity contribution is 5.95. The maximum Gasteiger partial charge on any atom is 0.419 e. The van der Waals surface area contributed by atoms with E-state index in [4.69, 9.17) is 4.74 Å². The van der Waals surface area contributed by atoms with Gasteiger partial charge in [-0.15, -0.1) is 0 Å². The molecule has 3 aromatic rings. The molecular formula is C24H25F3N6O3. The number of carbonyl (C=O) groups excluding carboxylic acids is 1. The highest BCUT2D eigenvalue weighted by Crippen LogP contribution is 2.42. The lowest BCUT2D eigenvalue weighted by molar-refractivity contribution is -0.137. The summed E-state index contributed by atoms with van der Waals surface area (Å²) in [5.74, 6) is -0.146. The third-order valence-electron chi connectivity index (χ3n) is 6.67. The molecule has 2 aliphatic rings. The molecule has 1 amide bonds. The number of nitrogens with one attached hydrogen (secondary N) is 1. The summed E-state index contributed by atoms with van der Waals surface area (Å²) >= 11 is 0. The highest BCUT2D eigenvalue weighted by atomic mass is 19.4. The second kappa shape index (κ2) is 9.51. The maximum absolute atomic E-state index is 13.7. The van der Waals surface area contributed by atoms with Gasteiger partial charge >= 0.3 is 6.18 Å². The van der Waals surface area contributed by atoms with Crippen LogP contribution in [-0.4, -0.2) is 57.1 Å². The van der Waals surface area contributed by atoms with E-state index in [2.05, 4.69) is 20.4 Å². The summed E-state index contributed by atoms with van der Waals surface area (Å²) in [6.07, 6.45) is 1.69. The van der Waals surface area contributed by atoms with Gasteiger partial charge in [0.2, 0.25) is 5.95 Å². The third kappa shape index (κ3) is 4.91. The average molecular weight is 502 g/mol. The Hall–Kier alpha value is -3.51. The minimum absolute atomic E-state index is 0.00762. The Labute approximate surface area is 204 Å². The van der Waals surface area contributed by atoms with E-state index in [1.165, 1.54) is 12.4 Å². The van der Waals surface area contributed by atoms with Gasteiger partial charge in [-0.25, -0.2) is 9.97 Å². The maximum atomic E-state index is 13.7.